The number of amides is 3. The third-order valence-electron chi connectivity index (χ3n) is 3.84. The molecular weight excluding hydrogens is 305 g/mol. The zero-order chi connectivity index (χ0) is 16.6. The summed E-state index contributed by atoms with van der Waals surface area (Å²) in [5.41, 5.74) is 0.571. The largest absolute Gasteiger partial charge is 0.442 e. The number of hydrogen-bond donors (Lipinski definition) is 1. The molecule has 1 aromatic carbocycles. The number of benzene rings is 1. The number of ether oxygens (including phenoxy) is 1. The first-order valence-corrected chi connectivity index (χ1v) is 7.28. The number of anilines is 2. The van der Waals surface area contributed by atoms with Crippen LogP contribution in [0.5, 0.6) is 0 Å². The number of nitrogens with one attached hydrogen (secondary N) is 1. The number of cyclic esters (lactones) is 1. The van der Waals surface area contributed by atoms with E-state index in [0.717, 1.165) is 0 Å². The van der Waals surface area contributed by atoms with Gasteiger partial charge in [0.2, 0.25) is 11.8 Å². The van der Waals surface area contributed by atoms with Gasteiger partial charge in [0, 0.05) is 19.9 Å². The topological polar surface area (TPSA) is 79.0 Å². The van der Waals surface area contributed by atoms with Gasteiger partial charge < -0.3 is 15.0 Å². The van der Waals surface area contributed by atoms with Crippen molar-refractivity contribution in [2.24, 2.45) is 0 Å². The van der Waals surface area contributed by atoms with Gasteiger partial charge in [0.1, 0.15) is 11.9 Å². The minimum Gasteiger partial charge on any atom is -0.442 e. The van der Waals surface area contributed by atoms with Crippen LogP contribution >= 0.6 is 0 Å². The minimum absolute atomic E-state index is 0.118. The minimum atomic E-state index is -0.590. The van der Waals surface area contributed by atoms with E-state index in [1.807, 2.05) is 0 Å². The predicted octanol–water partition coefficient (Wildman–Crippen LogP) is 1.02. The number of carbonyl (C=O) groups excluding carboxylic acids is 3. The monoisotopic (exact) mass is 321 g/mol. The molecule has 2 aliphatic heterocycles. The fourth-order valence-corrected chi connectivity index (χ4v) is 2.55. The van der Waals surface area contributed by atoms with Crippen LogP contribution in [0.15, 0.2) is 18.2 Å². The Morgan fingerprint density at radius 1 is 1.39 bits per heavy atom. The van der Waals surface area contributed by atoms with Crippen molar-refractivity contribution in [1.82, 2.24) is 5.32 Å². The van der Waals surface area contributed by atoms with Gasteiger partial charge in [-0.1, -0.05) is 0 Å². The third-order valence-corrected chi connectivity index (χ3v) is 3.84. The lowest BCUT2D eigenvalue weighted by molar-refractivity contribution is -0.122. The first-order valence-electron chi connectivity index (χ1n) is 7.28. The second kappa shape index (κ2) is 5.86. The summed E-state index contributed by atoms with van der Waals surface area (Å²) in [4.78, 5) is 36.8. The smallest absolute Gasteiger partial charge is 0.414 e. The number of carbonyl (C=O) groups is 3. The lowest BCUT2D eigenvalue weighted by Crippen LogP contribution is -2.43. The summed E-state index contributed by atoms with van der Waals surface area (Å²) in [7, 11) is 0. The van der Waals surface area contributed by atoms with E-state index in [1.165, 1.54) is 28.9 Å². The molecule has 0 aromatic heterocycles. The Morgan fingerprint density at radius 3 is 2.74 bits per heavy atom. The van der Waals surface area contributed by atoms with Gasteiger partial charge in [0.05, 0.1) is 24.5 Å². The summed E-state index contributed by atoms with van der Waals surface area (Å²) in [6.07, 6.45) is -0.650. The number of hydrogen-bond acceptors (Lipinski definition) is 4. The van der Waals surface area contributed by atoms with Crippen molar-refractivity contribution in [3.63, 3.8) is 0 Å². The molecule has 1 N–H and O–H groups in total. The van der Waals surface area contributed by atoms with Crippen molar-refractivity contribution in [1.29, 1.82) is 0 Å². The maximum Gasteiger partial charge on any atom is 0.414 e. The van der Waals surface area contributed by atoms with E-state index < -0.39 is 18.0 Å². The van der Waals surface area contributed by atoms with Crippen LogP contribution in [0.25, 0.3) is 0 Å². The van der Waals surface area contributed by atoms with Crippen LogP contribution in [0.2, 0.25) is 0 Å². The molecule has 8 heteroatoms. The molecule has 1 unspecified atom stereocenters. The Morgan fingerprint density at radius 2 is 2.17 bits per heavy atom. The van der Waals surface area contributed by atoms with Crippen molar-refractivity contribution in [2.75, 3.05) is 29.4 Å². The van der Waals surface area contributed by atoms with Crippen molar-refractivity contribution in [3.8, 4) is 0 Å². The number of β-lactam (4-membered cyclic amide) rings is 1. The van der Waals surface area contributed by atoms with Gasteiger partial charge in [-0.25, -0.2) is 9.18 Å². The Balaban J connectivity index is 1.72. The summed E-state index contributed by atoms with van der Waals surface area (Å²) in [6, 6.07) is 4.27. The standard InChI is InChI=1S/C15H16FN3O4/c1-9(20)17-7-11-8-19(15(22)23-11)10-2-3-13(12(16)6-10)18-5-4-14(18)21/h2-3,6,11H,4-5,7-8H2,1H3,(H,17,20). The molecule has 0 spiro atoms. The van der Waals surface area contributed by atoms with Crippen LogP contribution in [0.1, 0.15) is 13.3 Å². The zero-order valence-electron chi connectivity index (χ0n) is 12.5. The average molecular weight is 321 g/mol. The fraction of sp³-hybridized carbons (Fsp3) is 0.400. The molecule has 0 bridgehead atoms. The molecule has 122 valence electrons. The maximum atomic E-state index is 14.2. The Hall–Kier alpha value is -2.64. The highest BCUT2D eigenvalue weighted by Gasteiger charge is 2.33. The highest BCUT2D eigenvalue weighted by atomic mass is 19.1. The van der Waals surface area contributed by atoms with Crippen molar-refractivity contribution in [3.05, 3.63) is 24.0 Å². The lowest BCUT2D eigenvalue weighted by atomic mass is 10.1. The van der Waals surface area contributed by atoms with Crippen LogP contribution < -0.4 is 15.1 Å². The van der Waals surface area contributed by atoms with Gasteiger partial charge in [0.25, 0.3) is 0 Å². The van der Waals surface area contributed by atoms with Crippen molar-refractivity contribution < 1.29 is 23.5 Å². The highest BCUT2D eigenvalue weighted by molar-refractivity contribution is 6.00. The summed E-state index contributed by atoms with van der Waals surface area (Å²) in [5.74, 6) is -0.893. The van der Waals surface area contributed by atoms with Gasteiger partial charge in [-0.15, -0.1) is 0 Å². The van der Waals surface area contributed by atoms with Gasteiger partial charge >= 0.3 is 6.09 Å². The number of rotatable bonds is 4. The van der Waals surface area contributed by atoms with E-state index in [2.05, 4.69) is 5.32 Å². The van der Waals surface area contributed by atoms with Crippen LogP contribution in [0.4, 0.5) is 20.6 Å². The number of halogens is 1. The van der Waals surface area contributed by atoms with Crippen molar-refractivity contribution >= 4 is 29.3 Å². The third kappa shape index (κ3) is 2.96. The molecule has 7 nitrogen and oxygen atoms in total. The van der Waals surface area contributed by atoms with E-state index in [9.17, 15) is 18.8 Å². The van der Waals surface area contributed by atoms with Gasteiger partial charge in [-0.3, -0.25) is 14.5 Å². The summed E-state index contributed by atoms with van der Waals surface area (Å²) >= 11 is 0. The Bertz CT molecular complexity index is 679. The molecule has 3 rings (SSSR count). The predicted molar refractivity (Wildman–Crippen MR) is 79.7 cm³/mol. The molecule has 3 amide bonds. The zero-order valence-corrected chi connectivity index (χ0v) is 12.5. The SMILES string of the molecule is CC(=O)NCC1CN(c2ccc(N3CCC3=O)c(F)c2)C(=O)O1. The molecule has 2 heterocycles. The van der Waals surface area contributed by atoms with E-state index in [4.69, 9.17) is 4.74 Å². The van der Waals surface area contributed by atoms with Crippen LogP contribution in [0.3, 0.4) is 0 Å². The molecule has 0 saturated carbocycles. The molecule has 2 fully saturated rings. The van der Waals surface area contributed by atoms with Crippen LogP contribution in [-0.2, 0) is 14.3 Å². The van der Waals surface area contributed by atoms with E-state index in [0.29, 0.717) is 18.7 Å². The maximum absolute atomic E-state index is 14.2. The van der Waals surface area contributed by atoms with Gasteiger partial charge in [-0.2, -0.15) is 0 Å². The molecular formula is C15H16FN3O4. The first kappa shape index (κ1) is 15.3. The molecule has 2 saturated heterocycles. The fourth-order valence-electron chi connectivity index (χ4n) is 2.55. The molecule has 0 radical (unpaired) electrons. The summed E-state index contributed by atoms with van der Waals surface area (Å²) in [5, 5.41) is 2.57. The lowest BCUT2D eigenvalue weighted by Gasteiger charge is -2.31. The molecule has 1 atom stereocenters. The quantitative estimate of drug-likeness (QED) is 0.840. The van der Waals surface area contributed by atoms with Gasteiger partial charge in [-0.05, 0) is 18.2 Å². The Kier molecular flexibility index (Phi) is 3.89. The van der Waals surface area contributed by atoms with Crippen molar-refractivity contribution in [2.45, 2.75) is 19.4 Å². The molecule has 23 heavy (non-hydrogen) atoms. The number of nitrogens with zero attached hydrogens (tertiary/aromatic N) is 2. The summed E-state index contributed by atoms with van der Waals surface area (Å²) in [6.45, 7) is 2.31. The van der Waals surface area contributed by atoms with E-state index >= 15 is 0 Å². The molecule has 0 aliphatic carbocycles. The van der Waals surface area contributed by atoms with E-state index in [1.54, 1.807) is 6.07 Å². The summed E-state index contributed by atoms with van der Waals surface area (Å²) < 4.78 is 19.3. The molecule has 1 aromatic rings. The second-order valence-corrected chi connectivity index (χ2v) is 5.48. The average Bonchev–Trinajstić information content (AvgIpc) is 2.86. The Labute approximate surface area is 132 Å². The highest BCUT2D eigenvalue weighted by Crippen LogP contribution is 2.30. The first-order chi connectivity index (χ1) is 11.0. The normalized spacial score (nSPS) is 20.3. The van der Waals surface area contributed by atoms with Crippen LogP contribution in [0, 0.1) is 5.82 Å². The van der Waals surface area contributed by atoms with Crippen LogP contribution in [-0.4, -0.2) is 43.6 Å². The van der Waals surface area contributed by atoms with E-state index in [-0.39, 0.29) is 30.6 Å². The second-order valence-electron chi connectivity index (χ2n) is 5.48. The van der Waals surface area contributed by atoms with Gasteiger partial charge in [0.15, 0.2) is 0 Å². The molecule has 2 aliphatic rings.